The second-order valence-corrected chi connectivity index (χ2v) is 7.24. The van der Waals surface area contributed by atoms with Gasteiger partial charge in [-0.25, -0.2) is 9.59 Å². The lowest BCUT2D eigenvalue weighted by Crippen LogP contribution is -2.51. The Balaban J connectivity index is 1.51. The summed E-state index contributed by atoms with van der Waals surface area (Å²) in [6.07, 6.45) is 6.35. The molecular formula is C22H20N2O6. The van der Waals surface area contributed by atoms with Gasteiger partial charge in [-0.3, -0.25) is 20.2 Å². The molecule has 1 aliphatic carbocycles. The summed E-state index contributed by atoms with van der Waals surface area (Å²) in [5.74, 6) is -1.24. The third-order valence-electron chi connectivity index (χ3n) is 5.07. The topological polar surface area (TPSA) is 115 Å². The van der Waals surface area contributed by atoms with E-state index >= 15 is 0 Å². The molecule has 1 aromatic heterocycles. The van der Waals surface area contributed by atoms with Gasteiger partial charge < -0.3 is 9.15 Å². The minimum Gasteiger partial charge on any atom is -0.459 e. The van der Waals surface area contributed by atoms with Crippen LogP contribution in [0.1, 0.15) is 48.2 Å². The Hall–Kier alpha value is -3.68. The molecule has 2 aliphatic rings. The fourth-order valence-corrected chi connectivity index (χ4v) is 3.54. The van der Waals surface area contributed by atoms with E-state index < -0.39 is 17.8 Å². The minimum absolute atomic E-state index is 0.0311. The Labute approximate surface area is 172 Å². The molecule has 8 nitrogen and oxygen atoms in total. The van der Waals surface area contributed by atoms with Crippen LogP contribution in [0.15, 0.2) is 46.4 Å². The van der Waals surface area contributed by atoms with Crippen molar-refractivity contribution >= 4 is 29.9 Å². The Morgan fingerprint density at radius 1 is 1.00 bits per heavy atom. The lowest BCUT2D eigenvalue weighted by Gasteiger charge is -2.21. The number of urea groups is 1. The fraction of sp³-hybridized carbons (Fsp3) is 0.273. The van der Waals surface area contributed by atoms with Gasteiger partial charge in [0.05, 0.1) is 5.56 Å². The molecule has 0 unspecified atom stereocenters. The van der Waals surface area contributed by atoms with Gasteiger partial charge in [-0.2, -0.15) is 0 Å². The van der Waals surface area contributed by atoms with Crippen molar-refractivity contribution in [3.8, 4) is 11.3 Å². The van der Waals surface area contributed by atoms with Crippen LogP contribution in [-0.4, -0.2) is 29.9 Å². The second kappa shape index (κ2) is 8.36. The number of imide groups is 2. The lowest BCUT2D eigenvalue weighted by molar-refractivity contribution is -0.123. The molecule has 8 heteroatoms. The van der Waals surface area contributed by atoms with Crippen LogP contribution in [0.25, 0.3) is 17.4 Å². The van der Waals surface area contributed by atoms with Crippen molar-refractivity contribution in [2.75, 3.05) is 0 Å². The Kier molecular flexibility index (Phi) is 5.47. The zero-order valence-corrected chi connectivity index (χ0v) is 16.1. The highest BCUT2D eigenvalue weighted by Gasteiger charge is 2.28. The smallest absolute Gasteiger partial charge is 0.338 e. The molecule has 0 atom stereocenters. The van der Waals surface area contributed by atoms with E-state index in [4.69, 9.17) is 9.15 Å². The number of carbonyl (C=O) groups excluding carboxylic acids is 4. The van der Waals surface area contributed by atoms with Gasteiger partial charge in [0.1, 0.15) is 23.2 Å². The highest BCUT2D eigenvalue weighted by Crippen LogP contribution is 2.26. The van der Waals surface area contributed by atoms with Gasteiger partial charge in [0.2, 0.25) is 0 Å². The predicted molar refractivity (Wildman–Crippen MR) is 106 cm³/mol. The van der Waals surface area contributed by atoms with Gasteiger partial charge in [-0.1, -0.05) is 18.6 Å². The van der Waals surface area contributed by atoms with Gasteiger partial charge >= 0.3 is 12.0 Å². The van der Waals surface area contributed by atoms with Crippen molar-refractivity contribution in [3.63, 3.8) is 0 Å². The number of carbonyl (C=O) groups is 4. The summed E-state index contributed by atoms with van der Waals surface area (Å²) in [5.41, 5.74) is 0.852. The number of esters is 1. The number of rotatable bonds is 4. The number of hydrogen-bond donors (Lipinski definition) is 2. The van der Waals surface area contributed by atoms with Crippen molar-refractivity contribution in [1.82, 2.24) is 10.6 Å². The zero-order valence-electron chi connectivity index (χ0n) is 16.1. The molecule has 2 N–H and O–H groups in total. The first-order valence-corrected chi connectivity index (χ1v) is 9.79. The van der Waals surface area contributed by atoms with Crippen molar-refractivity contribution in [2.45, 2.75) is 38.2 Å². The quantitative estimate of drug-likeness (QED) is 0.456. The number of furan rings is 1. The summed E-state index contributed by atoms with van der Waals surface area (Å²) in [5, 5.41) is 4.00. The molecule has 0 bridgehead atoms. The number of benzene rings is 1. The summed E-state index contributed by atoms with van der Waals surface area (Å²) in [6, 6.07) is 9.29. The standard InChI is InChI=1S/C22H20N2O6/c25-19-17(20(26)24-22(28)23-19)12-16-9-10-18(29-16)13-5-4-6-14(11-13)21(27)30-15-7-2-1-3-8-15/h4-6,9-12,15H,1-3,7-8H2,(H2,23,24,25,26,28). The third-order valence-corrected chi connectivity index (χ3v) is 5.07. The average Bonchev–Trinajstić information content (AvgIpc) is 3.20. The summed E-state index contributed by atoms with van der Waals surface area (Å²) in [7, 11) is 0. The molecule has 1 saturated carbocycles. The van der Waals surface area contributed by atoms with E-state index in [1.54, 1.807) is 36.4 Å². The van der Waals surface area contributed by atoms with Gasteiger partial charge in [0, 0.05) is 5.56 Å². The largest absolute Gasteiger partial charge is 0.459 e. The molecule has 30 heavy (non-hydrogen) atoms. The van der Waals surface area contributed by atoms with E-state index in [0.29, 0.717) is 16.9 Å². The van der Waals surface area contributed by atoms with E-state index in [0.717, 1.165) is 25.7 Å². The van der Waals surface area contributed by atoms with Crippen LogP contribution in [0.4, 0.5) is 4.79 Å². The summed E-state index contributed by atoms with van der Waals surface area (Å²) < 4.78 is 11.3. The summed E-state index contributed by atoms with van der Waals surface area (Å²) in [4.78, 5) is 47.3. The normalized spacial score (nSPS) is 17.3. The van der Waals surface area contributed by atoms with E-state index in [9.17, 15) is 19.2 Å². The predicted octanol–water partition coefficient (Wildman–Crippen LogP) is 3.19. The van der Waals surface area contributed by atoms with Crippen LogP contribution in [0.2, 0.25) is 0 Å². The van der Waals surface area contributed by atoms with Gasteiger partial charge in [-0.05, 0) is 56.0 Å². The van der Waals surface area contributed by atoms with Crippen molar-refractivity contribution < 1.29 is 28.3 Å². The van der Waals surface area contributed by atoms with Crippen LogP contribution >= 0.6 is 0 Å². The highest BCUT2D eigenvalue weighted by atomic mass is 16.5. The van der Waals surface area contributed by atoms with Crippen LogP contribution in [0.3, 0.4) is 0 Å². The molecule has 1 aliphatic heterocycles. The van der Waals surface area contributed by atoms with Crippen LogP contribution in [0.5, 0.6) is 0 Å². The molecule has 154 valence electrons. The first-order valence-electron chi connectivity index (χ1n) is 9.79. The van der Waals surface area contributed by atoms with Crippen molar-refractivity contribution in [2.24, 2.45) is 0 Å². The number of nitrogens with one attached hydrogen (secondary N) is 2. The monoisotopic (exact) mass is 408 g/mol. The van der Waals surface area contributed by atoms with Gasteiger partial charge in [-0.15, -0.1) is 0 Å². The van der Waals surface area contributed by atoms with Crippen molar-refractivity contribution in [3.05, 3.63) is 53.3 Å². The second-order valence-electron chi connectivity index (χ2n) is 7.24. The van der Waals surface area contributed by atoms with E-state index in [2.05, 4.69) is 0 Å². The maximum Gasteiger partial charge on any atom is 0.338 e. The average molecular weight is 408 g/mol. The highest BCUT2D eigenvalue weighted by molar-refractivity contribution is 6.31. The minimum atomic E-state index is -0.862. The number of hydrogen-bond acceptors (Lipinski definition) is 6. The van der Waals surface area contributed by atoms with Crippen LogP contribution < -0.4 is 10.6 Å². The van der Waals surface area contributed by atoms with E-state index in [1.165, 1.54) is 12.5 Å². The van der Waals surface area contributed by atoms with E-state index in [-0.39, 0.29) is 23.4 Å². The van der Waals surface area contributed by atoms with Crippen LogP contribution in [-0.2, 0) is 14.3 Å². The lowest BCUT2D eigenvalue weighted by atomic mass is 9.98. The molecule has 4 amide bonds. The molecular weight excluding hydrogens is 388 g/mol. The molecule has 0 radical (unpaired) electrons. The molecule has 2 aromatic rings. The van der Waals surface area contributed by atoms with Crippen LogP contribution in [0, 0.1) is 0 Å². The fourth-order valence-electron chi connectivity index (χ4n) is 3.54. The maximum atomic E-state index is 12.5. The Morgan fingerprint density at radius 3 is 2.47 bits per heavy atom. The number of ether oxygens (including phenoxy) is 1. The van der Waals surface area contributed by atoms with Gasteiger partial charge in [0.15, 0.2) is 0 Å². The van der Waals surface area contributed by atoms with Gasteiger partial charge in [0.25, 0.3) is 11.8 Å². The number of amides is 4. The SMILES string of the molecule is O=C1NC(=O)C(=Cc2ccc(-c3cccc(C(=O)OC4CCCCC4)c3)o2)C(=O)N1. The molecule has 1 saturated heterocycles. The molecule has 1 aromatic carbocycles. The van der Waals surface area contributed by atoms with E-state index in [1.807, 2.05) is 10.6 Å². The molecule has 2 heterocycles. The summed E-state index contributed by atoms with van der Waals surface area (Å²) in [6.45, 7) is 0. The Bertz CT molecular complexity index is 1020. The molecule has 4 rings (SSSR count). The molecule has 2 fully saturated rings. The zero-order chi connectivity index (χ0) is 21.1. The van der Waals surface area contributed by atoms with Crippen molar-refractivity contribution in [1.29, 1.82) is 0 Å². The molecule has 0 spiro atoms. The first-order chi connectivity index (χ1) is 14.5. The summed E-state index contributed by atoms with van der Waals surface area (Å²) >= 11 is 0. The Morgan fingerprint density at radius 2 is 1.73 bits per heavy atom. The third kappa shape index (κ3) is 4.32. The number of barbiturate groups is 1. The first kappa shape index (κ1) is 19.6. The maximum absolute atomic E-state index is 12.5.